The standard InChI is InChI=1S/C15H25NO2/c1-4-7-15(3,17)10-16-9-12-5-6-14(18-12)13-8-11(13)2/h5-6,11,13,16-17H,4,7-10H2,1-3H3. The smallest absolute Gasteiger partial charge is 0.117 e. The van der Waals surface area contributed by atoms with Gasteiger partial charge >= 0.3 is 0 Å². The maximum Gasteiger partial charge on any atom is 0.117 e. The minimum atomic E-state index is -0.616. The van der Waals surface area contributed by atoms with E-state index < -0.39 is 5.60 Å². The van der Waals surface area contributed by atoms with Gasteiger partial charge in [0.05, 0.1) is 12.1 Å². The SMILES string of the molecule is CCCC(C)(O)CNCc1ccc(C2CC2C)o1. The molecule has 3 unspecified atom stereocenters. The van der Waals surface area contributed by atoms with Gasteiger partial charge in [0.1, 0.15) is 11.5 Å². The molecule has 3 nitrogen and oxygen atoms in total. The Morgan fingerprint density at radius 1 is 1.50 bits per heavy atom. The lowest BCUT2D eigenvalue weighted by atomic mass is 10.0. The number of rotatable bonds is 7. The Morgan fingerprint density at radius 2 is 2.22 bits per heavy atom. The van der Waals surface area contributed by atoms with Crippen molar-refractivity contribution in [1.82, 2.24) is 5.32 Å². The lowest BCUT2D eigenvalue weighted by Gasteiger charge is -2.22. The predicted molar refractivity (Wildman–Crippen MR) is 72.5 cm³/mol. The van der Waals surface area contributed by atoms with E-state index in [9.17, 15) is 5.11 Å². The van der Waals surface area contributed by atoms with Gasteiger partial charge in [-0.2, -0.15) is 0 Å². The molecular weight excluding hydrogens is 226 g/mol. The molecule has 2 N–H and O–H groups in total. The van der Waals surface area contributed by atoms with E-state index in [0.29, 0.717) is 19.0 Å². The maximum absolute atomic E-state index is 10.0. The second kappa shape index (κ2) is 5.45. The Labute approximate surface area is 110 Å². The first-order valence-electron chi connectivity index (χ1n) is 7.03. The van der Waals surface area contributed by atoms with Gasteiger partial charge in [-0.05, 0) is 37.8 Å². The first-order valence-corrected chi connectivity index (χ1v) is 7.03. The van der Waals surface area contributed by atoms with Gasteiger partial charge in [-0.15, -0.1) is 0 Å². The van der Waals surface area contributed by atoms with E-state index in [1.54, 1.807) is 0 Å². The quantitative estimate of drug-likeness (QED) is 0.783. The molecule has 1 aliphatic rings. The third-order valence-corrected chi connectivity index (χ3v) is 3.75. The van der Waals surface area contributed by atoms with Crippen molar-refractivity contribution in [2.75, 3.05) is 6.54 Å². The zero-order valence-electron chi connectivity index (χ0n) is 11.7. The van der Waals surface area contributed by atoms with Gasteiger partial charge in [0.15, 0.2) is 0 Å². The molecule has 3 heteroatoms. The summed E-state index contributed by atoms with van der Waals surface area (Å²) in [6.45, 7) is 7.53. The third kappa shape index (κ3) is 3.59. The van der Waals surface area contributed by atoms with Gasteiger partial charge in [-0.1, -0.05) is 20.3 Å². The molecule has 0 aliphatic heterocycles. The van der Waals surface area contributed by atoms with Crippen LogP contribution in [0.25, 0.3) is 0 Å². The molecule has 1 saturated carbocycles. The Hall–Kier alpha value is -0.800. The fourth-order valence-electron chi connectivity index (χ4n) is 2.49. The molecule has 0 aromatic carbocycles. The fourth-order valence-corrected chi connectivity index (χ4v) is 2.49. The summed E-state index contributed by atoms with van der Waals surface area (Å²) in [5.74, 6) is 3.51. The molecule has 1 aromatic rings. The van der Waals surface area contributed by atoms with Crippen molar-refractivity contribution >= 4 is 0 Å². The number of furan rings is 1. The van der Waals surface area contributed by atoms with E-state index in [1.807, 2.05) is 13.0 Å². The highest BCUT2D eigenvalue weighted by molar-refractivity contribution is 5.17. The van der Waals surface area contributed by atoms with Crippen LogP contribution in [0.4, 0.5) is 0 Å². The van der Waals surface area contributed by atoms with Crippen LogP contribution in [0.15, 0.2) is 16.5 Å². The summed E-state index contributed by atoms with van der Waals surface area (Å²) in [6.07, 6.45) is 3.08. The second-order valence-electron chi connectivity index (χ2n) is 5.97. The average molecular weight is 251 g/mol. The van der Waals surface area contributed by atoms with Crippen LogP contribution < -0.4 is 5.32 Å². The summed E-state index contributed by atoms with van der Waals surface area (Å²) < 4.78 is 5.81. The maximum atomic E-state index is 10.0. The number of hydrogen-bond donors (Lipinski definition) is 2. The lowest BCUT2D eigenvalue weighted by molar-refractivity contribution is 0.0494. The average Bonchev–Trinajstić information content (AvgIpc) is 2.84. The molecular formula is C15H25NO2. The zero-order valence-corrected chi connectivity index (χ0v) is 11.7. The molecule has 0 amide bonds. The van der Waals surface area contributed by atoms with Crippen LogP contribution in [0, 0.1) is 5.92 Å². The van der Waals surface area contributed by atoms with Crippen LogP contribution in [-0.4, -0.2) is 17.3 Å². The Balaban J connectivity index is 1.75. The van der Waals surface area contributed by atoms with Gasteiger partial charge in [0.2, 0.25) is 0 Å². The lowest BCUT2D eigenvalue weighted by Crippen LogP contribution is -2.37. The van der Waals surface area contributed by atoms with Crippen LogP contribution in [0.3, 0.4) is 0 Å². The van der Waals surface area contributed by atoms with Crippen molar-refractivity contribution in [3.05, 3.63) is 23.7 Å². The van der Waals surface area contributed by atoms with Crippen molar-refractivity contribution in [2.45, 2.75) is 58.1 Å². The Bertz CT molecular complexity index is 384. The highest BCUT2D eigenvalue weighted by Crippen LogP contribution is 2.47. The van der Waals surface area contributed by atoms with Gasteiger partial charge in [-0.25, -0.2) is 0 Å². The van der Waals surface area contributed by atoms with Crippen molar-refractivity contribution < 1.29 is 9.52 Å². The molecule has 2 rings (SSSR count). The van der Waals surface area contributed by atoms with Gasteiger partial charge in [-0.3, -0.25) is 0 Å². The summed E-state index contributed by atoms with van der Waals surface area (Å²) in [6, 6.07) is 4.14. The monoisotopic (exact) mass is 251 g/mol. The molecule has 0 radical (unpaired) electrons. The van der Waals surface area contributed by atoms with Crippen LogP contribution >= 0.6 is 0 Å². The molecule has 3 atom stereocenters. The summed E-state index contributed by atoms with van der Waals surface area (Å²) in [5.41, 5.74) is -0.616. The highest BCUT2D eigenvalue weighted by Gasteiger charge is 2.36. The molecule has 18 heavy (non-hydrogen) atoms. The number of nitrogens with one attached hydrogen (secondary N) is 1. The Morgan fingerprint density at radius 3 is 2.83 bits per heavy atom. The number of aliphatic hydroxyl groups is 1. The first-order chi connectivity index (χ1) is 8.52. The van der Waals surface area contributed by atoms with Crippen molar-refractivity contribution in [2.24, 2.45) is 5.92 Å². The summed E-state index contributed by atoms with van der Waals surface area (Å²) >= 11 is 0. The molecule has 0 saturated heterocycles. The minimum Gasteiger partial charge on any atom is -0.464 e. The largest absolute Gasteiger partial charge is 0.464 e. The van der Waals surface area contributed by atoms with Gasteiger partial charge in [0, 0.05) is 12.5 Å². The molecule has 1 aromatic heterocycles. The van der Waals surface area contributed by atoms with E-state index in [2.05, 4.69) is 25.2 Å². The molecule has 0 bridgehead atoms. The van der Waals surface area contributed by atoms with Crippen LogP contribution in [0.1, 0.15) is 57.5 Å². The third-order valence-electron chi connectivity index (χ3n) is 3.75. The van der Waals surface area contributed by atoms with Crippen molar-refractivity contribution in [3.8, 4) is 0 Å². The van der Waals surface area contributed by atoms with Crippen molar-refractivity contribution in [1.29, 1.82) is 0 Å². The predicted octanol–water partition coefficient (Wildman–Crippen LogP) is 3.04. The molecule has 0 spiro atoms. The summed E-state index contributed by atoms with van der Waals surface area (Å²) in [4.78, 5) is 0. The normalized spacial score (nSPS) is 26.0. The van der Waals surface area contributed by atoms with Gasteiger partial charge < -0.3 is 14.8 Å². The van der Waals surface area contributed by atoms with E-state index in [-0.39, 0.29) is 0 Å². The highest BCUT2D eigenvalue weighted by atomic mass is 16.3. The van der Waals surface area contributed by atoms with Crippen molar-refractivity contribution in [3.63, 3.8) is 0 Å². The van der Waals surface area contributed by atoms with E-state index in [0.717, 1.165) is 30.3 Å². The second-order valence-corrected chi connectivity index (χ2v) is 5.97. The molecule has 102 valence electrons. The van der Waals surface area contributed by atoms with E-state index in [4.69, 9.17) is 4.42 Å². The van der Waals surface area contributed by atoms with E-state index >= 15 is 0 Å². The Kier molecular flexibility index (Phi) is 4.13. The van der Waals surface area contributed by atoms with Crippen LogP contribution in [0.2, 0.25) is 0 Å². The topological polar surface area (TPSA) is 45.4 Å². The molecule has 1 heterocycles. The zero-order chi connectivity index (χ0) is 13.2. The molecule has 1 fully saturated rings. The fraction of sp³-hybridized carbons (Fsp3) is 0.733. The van der Waals surface area contributed by atoms with Crippen LogP contribution in [0.5, 0.6) is 0 Å². The summed E-state index contributed by atoms with van der Waals surface area (Å²) in [5, 5.41) is 13.3. The van der Waals surface area contributed by atoms with E-state index in [1.165, 1.54) is 6.42 Å². The van der Waals surface area contributed by atoms with Crippen LogP contribution in [-0.2, 0) is 6.54 Å². The summed E-state index contributed by atoms with van der Waals surface area (Å²) in [7, 11) is 0. The van der Waals surface area contributed by atoms with Gasteiger partial charge in [0.25, 0.3) is 0 Å². The first kappa shape index (κ1) is 13.6. The minimum absolute atomic E-state index is 0.608. The molecule has 1 aliphatic carbocycles. The number of hydrogen-bond acceptors (Lipinski definition) is 3.